The second-order valence-corrected chi connectivity index (χ2v) is 3.10. The van der Waals surface area contributed by atoms with Crippen LogP contribution in [0.1, 0.15) is 6.92 Å². The Morgan fingerprint density at radius 3 is 3.08 bits per heavy atom. The molecule has 62 valence electrons. The molecule has 0 saturated carbocycles. The van der Waals surface area contributed by atoms with E-state index in [0.717, 1.165) is 22.6 Å². The highest BCUT2D eigenvalue weighted by Crippen LogP contribution is 2.17. The number of rotatable bonds is 1. The van der Waals surface area contributed by atoms with Crippen molar-refractivity contribution in [1.82, 2.24) is 9.55 Å². The predicted molar refractivity (Wildman–Crippen MR) is 50.4 cm³/mol. The fraction of sp³-hybridized carbons (Fsp3) is 0.222. The average Bonchev–Trinajstić information content (AvgIpc) is 2.46. The average molecular weight is 181 g/mol. The summed E-state index contributed by atoms with van der Waals surface area (Å²) in [6, 6.07) is 5.76. The summed E-state index contributed by atoms with van der Waals surface area (Å²) in [5.41, 5.74) is 2.10. The van der Waals surface area contributed by atoms with Gasteiger partial charge in [0, 0.05) is 11.6 Å². The molecule has 0 aliphatic heterocycles. The van der Waals surface area contributed by atoms with Gasteiger partial charge < -0.3 is 4.57 Å². The fourth-order valence-electron chi connectivity index (χ4n) is 1.29. The summed E-state index contributed by atoms with van der Waals surface area (Å²) in [4.78, 5) is 4.23. The van der Waals surface area contributed by atoms with Crippen LogP contribution in [0, 0.1) is 0 Å². The van der Waals surface area contributed by atoms with Crippen LogP contribution in [0.15, 0.2) is 24.5 Å². The van der Waals surface area contributed by atoms with E-state index in [-0.39, 0.29) is 0 Å². The standard InChI is InChI=1S/C9H9ClN2/c1-2-12-6-11-8-5-7(10)3-4-9(8)12/h3-6H,2H2,1H3. The predicted octanol–water partition coefficient (Wildman–Crippen LogP) is 2.71. The largest absolute Gasteiger partial charge is 0.331 e. The van der Waals surface area contributed by atoms with Crippen molar-refractivity contribution >= 4 is 22.6 Å². The Hall–Kier alpha value is -1.02. The van der Waals surface area contributed by atoms with Crippen molar-refractivity contribution in [2.24, 2.45) is 0 Å². The minimum atomic E-state index is 0.740. The molecule has 0 amide bonds. The summed E-state index contributed by atoms with van der Waals surface area (Å²) in [6.45, 7) is 3.04. The maximum absolute atomic E-state index is 5.82. The number of imidazole rings is 1. The smallest absolute Gasteiger partial charge is 0.0958 e. The Morgan fingerprint density at radius 1 is 1.50 bits per heavy atom. The quantitative estimate of drug-likeness (QED) is 0.660. The van der Waals surface area contributed by atoms with Crippen molar-refractivity contribution in [2.45, 2.75) is 13.5 Å². The van der Waals surface area contributed by atoms with Crippen LogP contribution < -0.4 is 0 Å². The van der Waals surface area contributed by atoms with E-state index in [1.54, 1.807) is 0 Å². The van der Waals surface area contributed by atoms with Gasteiger partial charge in [-0.2, -0.15) is 0 Å². The van der Waals surface area contributed by atoms with Gasteiger partial charge in [-0.3, -0.25) is 0 Å². The van der Waals surface area contributed by atoms with Crippen molar-refractivity contribution in [3.8, 4) is 0 Å². The van der Waals surface area contributed by atoms with E-state index in [4.69, 9.17) is 11.6 Å². The Morgan fingerprint density at radius 2 is 2.33 bits per heavy atom. The zero-order chi connectivity index (χ0) is 8.55. The van der Waals surface area contributed by atoms with E-state index in [0.29, 0.717) is 0 Å². The Balaban J connectivity index is 2.73. The first-order chi connectivity index (χ1) is 5.81. The molecular formula is C9H9ClN2. The van der Waals surface area contributed by atoms with Crippen LogP contribution in [0.2, 0.25) is 5.02 Å². The SMILES string of the molecule is CCn1cnc2cc(Cl)ccc21. The molecule has 0 radical (unpaired) electrons. The summed E-state index contributed by atoms with van der Waals surface area (Å²) in [7, 11) is 0. The van der Waals surface area contributed by atoms with Crippen LogP contribution in [0.25, 0.3) is 11.0 Å². The summed E-state index contributed by atoms with van der Waals surface area (Å²) in [6.07, 6.45) is 1.83. The fourth-order valence-corrected chi connectivity index (χ4v) is 1.46. The Bertz CT molecular complexity index is 406. The number of aromatic nitrogens is 2. The zero-order valence-electron chi connectivity index (χ0n) is 6.79. The minimum absolute atomic E-state index is 0.740. The van der Waals surface area contributed by atoms with Gasteiger partial charge in [-0.1, -0.05) is 11.6 Å². The van der Waals surface area contributed by atoms with Crippen molar-refractivity contribution in [3.05, 3.63) is 29.5 Å². The molecule has 3 heteroatoms. The second kappa shape index (κ2) is 2.79. The van der Waals surface area contributed by atoms with Crippen LogP contribution in [-0.4, -0.2) is 9.55 Å². The molecule has 2 aromatic rings. The van der Waals surface area contributed by atoms with Gasteiger partial charge in [-0.25, -0.2) is 4.98 Å². The minimum Gasteiger partial charge on any atom is -0.331 e. The van der Waals surface area contributed by atoms with Crippen LogP contribution in [0.5, 0.6) is 0 Å². The lowest BCUT2D eigenvalue weighted by Crippen LogP contribution is -1.89. The van der Waals surface area contributed by atoms with Crippen LogP contribution in [0.4, 0.5) is 0 Å². The van der Waals surface area contributed by atoms with Gasteiger partial charge >= 0.3 is 0 Å². The highest BCUT2D eigenvalue weighted by atomic mass is 35.5. The molecule has 0 unspecified atom stereocenters. The van der Waals surface area contributed by atoms with Crippen molar-refractivity contribution < 1.29 is 0 Å². The number of benzene rings is 1. The van der Waals surface area contributed by atoms with E-state index < -0.39 is 0 Å². The number of nitrogens with zero attached hydrogens (tertiary/aromatic N) is 2. The number of fused-ring (bicyclic) bond motifs is 1. The first-order valence-corrected chi connectivity index (χ1v) is 4.29. The molecule has 0 N–H and O–H groups in total. The van der Waals surface area contributed by atoms with Gasteiger partial charge in [0.25, 0.3) is 0 Å². The topological polar surface area (TPSA) is 17.8 Å². The molecule has 0 aliphatic carbocycles. The molecule has 0 aliphatic rings. The second-order valence-electron chi connectivity index (χ2n) is 2.66. The van der Waals surface area contributed by atoms with Gasteiger partial charge in [-0.15, -0.1) is 0 Å². The Labute approximate surface area is 75.8 Å². The summed E-state index contributed by atoms with van der Waals surface area (Å²) < 4.78 is 2.09. The maximum Gasteiger partial charge on any atom is 0.0958 e. The van der Waals surface area contributed by atoms with E-state index >= 15 is 0 Å². The first-order valence-electron chi connectivity index (χ1n) is 3.91. The normalized spacial score (nSPS) is 10.8. The summed E-state index contributed by atoms with van der Waals surface area (Å²) in [5, 5.41) is 0.740. The van der Waals surface area contributed by atoms with Gasteiger partial charge in [0.1, 0.15) is 0 Å². The van der Waals surface area contributed by atoms with Crippen LogP contribution >= 0.6 is 11.6 Å². The van der Waals surface area contributed by atoms with Crippen molar-refractivity contribution in [2.75, 3.05) is 0 Å². The highest BCUT2D eigenvalue weighted by molar-refractivity contribution is 6.31. The van der Waals surface area contributed by atoms with Gasteiger partial charge in [0.05, 0.1) is 17.4 Å². The molecule has 1 aromatic carbocycles. The van der Waals surface area contributed by atoms with Gasteiger partial charge in [0.15, 0.2) is 0 Å². The highest BCUT2D eigenvalue weighted by Gasteiger charge is 1.99. The van der Waals surface area contributed by atoms with E-state index in [2.05, 4.69) is 16.5 Å². The number of hydrogen-bond acceptors (Lipinski definition) is 1. The molecule has 0 spiro atoms. The van der Waals surface area contributed by atoms with Crippen LogP contribution in [0.3, 0.4) is 0 Å². The number of aryl methyl sites for hydroxylation is 1. The lowest BCUT2D eigenvalue weighted by Gasteiger charge is -1.97. The third kappa shape index (κ3) is 1.08. The summed E-state index contributed by atoms with van der Waals surface area (Å²) >= 11 is 5.82. The van der Waals surface area contributed by atoms with Crippen LogP contribution in [-0.2, 0) is 6.54 Å². The molecular weight excluding hydrogens is 172 g/mol. The molecule has 0 saturated heterocycles. The lowest BCUT2D eigenvalue weighted by atomic mass is 10.3. The van der Waals surface area contributed by atoms with Crippen molar-refractivity contribution in [3.63, 3.8) is 0 Å². The number of hydrogen-bond donors (Lipinski definition) is 0. The molecule has 0 bridgehead atoms. The zero-order valence-corrected chi connectivity index (χ0v) is 7.54. The van der Waals surface area contributed by atoms with E-state index in [1.165, 1.54) is 0 Å². The number of halogens is 1. The third-order valence-electron chi connectivity index (χ3n) is 1.92. The first kappa shape index (κ1) is 7.62. The van der Waals surface area contributed by atoms with Crippen molar-refractivity contribution in [1.29, 1.82) is 0 Å². The summed E-state index contributed by atoms with van der Waals surface area (Å²) in [5.74, 6) is 0. The molecule has 0 atom stereocenters. The van der Waals surface area contributed by atoms with E-state index in [1.807, 2.05) is 24.5 Å². The maximum atomic E-state index is 5.82. The lowest BCUT2D eigenvalue weighted by molar-refractivity contribution is 0.787. The molecule has 1 heterocycles. The molecule has 12 heavy (non-hydrogen) atoms. The molecule has 2 nitrogen and oxygen atoms in total. The van der Waals surface area contributed by atoms with Gasteiger partial charge in [-0.05, 0) is 25.1 Å². The van der Waals surface area contributed by atoms with Gasteiger partial charge in [0.2, 0.25) is 0 Å². The Kier molecular flexibility index (Phi) is 1.77. The van der Waals surface area contributed by atoms with E-state index in [9.17, 15) is 0 Å². The molecule has 2 rings (SSSR count). The molecule has 1 aromatic heterocycles. The monoisotopic (exact) mass is 180 g/mol. The molecule has 0 fully saturated rings. The third-order valence-corrected chi connectivity index (χ3v) is 2.16.